The van der Waals surface area contributed by atoms with Gasteiger partial charge in [0.05, 0.1) is 5.69 Å². The summed E-state index contributed by atoms with van der Waals surface area (Å²) < 4.78 is 12.9. The van der Waals surface area contributed by atoms with Crippen molar-refractivity contribution < 1.29 is 14.0 Å². The molecule has 3 aromatic rings. The Bertz CT molecular complexity index is 1090. The average molecular weight is 360 g/mol. The summed E-state index contributed by atoms with van der Waals surface area (Å²) in [6, 6.07) is 15.1. The predicted molar refractivity (Wildman–Crippen MR) is 105 cm³/mol. The number of halogens is 1. The molecule has 1 aliphatic heterocycles. The van der Waals surface area contributed by atoms with E-state index in [1.807, 2.05) is 37.3 Å². The molecule has 3 aromatic carbocycles. The van der Waals surface area contributed by atoms with Gasteiger partial charge in [0.25, 0.3) is 5.91 Å². The lowest BCUT2D eigenvalue weighted by molar-refractivity contribution is -0.111. The van der Waals surface area contributed by atoms with E-state index in [4.69, 9.17) is 0 Å². The zero-order valence-corrected chi connectivity index (χ0v) is 14.7. The molecule has 5 heteroatoms. The summed E-state index contributed by atoms with van der Waals surface area (Å²) in [5.74, 6) is -0.630. The Hall–Kier alpha value is -3.47. The van der Waals surface area contributed by atoms with Crippen LogP contribution in [0.1, 0.15) is 22.8 Å². The lowest BCUT2D eigenvalue weighted by Gasteiger charge is -2.15. The average Bonchev–Trinajstić information content (AvgIpc) is 2.96. The first kappa shape index (κ1) is 17.0. The van der Waals surface area contributed by atoms with Crippen molar-refractivity contribution in [3.63, 3.8) is 0 Å². The Morgan fingerprint density at radius 2 is 1.89 bits per heavy atom. The molecule has 27 heavy (non-hydrogen) atoms. The van der Waals surface area contributed by atoms with Crippen molar-refractivity contribution in [1.29, 1.82) is 0 Å². The minimum absolute atomic E-state index is 0.0159. The van der Waals surface area contributed by atoms with Crippen molar-refractivity contribution in [3.05, 3.63) is 77.6 Å². The van der Waals surface area contributed by atoms with Crippen LogP contribution in [0.3, 0.4) is 0 Å². The molecule has 0 aromatic heterocycles. The molecule has 2 amide bonds. The van der Waals surface area contributed by atoms with E-state index < -0.39 is 0 Å². The third-order valence-electron chi connectivity index (χ3n) is 4.66. The number of amides is 2. The molecule has 0 bridgehead atoms. The van der Waals surface area contributed by atoms with Crippen molar-refractivity contribution in [3.8, 4) is 0 Å². The molecule has 1 aliphatic rings. The molecular weight excluding hydrogens is 343 g/mol. The first-order chi connectivity index (χ1) is 13.1. The Balaban J connectivity index is 1.64. The fourth-order valence-corrected chi connectivity index (χ4v) is 3.39. The number of nitrogens with one attached hydrogen (secondary N) is 1. The van der Waals surface area contributed by atoms with Crippen molar-refractivity contribution in [1.82, 2.24) is 0 Å². The maximum atomic E-state index is 12.9. The summed E-state index contributed by atoms with van der Waals surface area (Å²) in [7, 11) is 0. The maximum absolute atomic E-state index is 12.9. The van der Waals surface area contributed by atoms with Crippen LogP contribution >= 0.6 is 0 Å². The fourth-order valence-electron chi connectivity index (χ4n) is 3.39. The first-order valence-corrected chi connectivity index (χ1v) is 8.70. The van der Waals surface area contributed by atoms with Gasteiger partial charge in [-0.25, -0.2) is 4.39 Å². The molecule has 0 unspecified atom stereocenters. The van der Waals surface area contributed by atoms with Gasteiger partial charge in [-0.05, 0) is 48.9 Å². The molecule has 0 saturated carbocycles. The van der Waals surface area contributed by atoms with Gasteiger partial charge in [-0.1, -0.05) is 24.3 Å². The molecule has 0 saturated heterocycles. The summed E-state index contributed by atoms with van der Waals surface area (Å²) in [5.41, 5.74) is 2.90. The molecule has 0 fully saturated rings. The Morgan fingerprint density at radius 3 is 2.63 bits per heavy atom. The molecule has 134 valence electrons. The highest BCUT2D eigenvalue weighted by Gasteiger charge is 2.29. The number of rotatable bonds is 4. The van der Waals surface area contributed by atoms with Crippen LogP contribution < -0.4 is 10.2 Å². The highest BCUT2D eigenvalue weighted by Crippen LogP contribution is 2.40. The maximum Gasteiger partial charge on any atom is 0.258 e. The zero-order valence-electron chi connectivity index (χ0n) is 14.7. The van der Waals surface area contributed by atoms with Gasteiger partial charge in [0, 0.05) is 34.6 Å². The smallest absolute Gasteiger partial charge is 0.258 e. The lowest BCUT2D eigenvalue weighted by atomic mass is 10.0. The molecule has 0 radical (unpaired) electrons. The first-order valence-electron chi connectivity index (χ1n) is 8.70. The number of carbonyl (C=O) groups excluding carboxylic acids is 2. The minimum atomic E-state index is -0.319. The number of nitrogens with zero attached hydrogens (tertiary/aromatic N) is 1. The SMILES string of the molecule is CCN1C(=O)c2cccc3c(NC(=O)C=Cc4ccc(F)cc4)ccc1c23. The van der Waals surface area contributed by atoms with Crippen LogP contribution in [0.2, 0.25) is 0 Å². The summed E-state index contributed by atoms with van der Waals surface area (Å²) in [6.45, 7) is 2.53. The van der Waals surface area contributed by atoms with Crippen LogP contribution in [0.15, 0.2) is 60.7 Å². The van der Waals surface area contributed by atoms with Crippen LogP contribution in [0, 0.1) is 5.82 Å². The monoisotopic (exact) mass is 360 g/mol. The molecule has 1 N–H and O–H groups in total. The van der Waals surface area contributed by atoms with E-state index in [0.29, 0.717) is 17.8 Å². The van der Waals surface area contributed by atoms with Crippen LogP contribution in [0.5, 0.6) is 0 Å². The Kier molecular flexibility index (Phi) is 4.20. The molecule has 0 spiro atoms. The van der Waals surface area contributed by atoms with Crippen molar-refractivity contribution in [2.45, 2.75) is 6.92 Å². The third-order valence-corrected chi connectivity index (χ3v) is 4.66. The van der Waals surface area contributed by atoms with Gasteiger partial charge in [-0.3, -0.25) is 9.59 Å². The largest absolute Gasteiger partial charge is 0.322 e. The zero-order chi connectivity index (χ0) is 19.0. The van der Waals surface area contributed by atoms with Crippen molar-refractivity contribution >= 4 is 40.0 Å². The molecule has 0 atom stereocenters. The summed E-state index contributed by atoms with van der Waals surface area (Å²) >= 11 is 0. The van der Waals surface area contributed by atoms with E-state index in [0.717, 1.165) is 22.0 Å². The molecular formula is C22H17FN2O2. The van der Waals surface area contributed by atoms with E-state index in [1.165, 1.54) is 18.2 Å². The molecule has 1 heterocycles. The van der Waals surface area contributed by atoms with E-state index >= 15 is 0 Å². The van der Waals surface area contributed by atoms with E-state index in [2.05, 4.69) is 5.32 Å². The third kappa shape index (κ3) is 2.97. The standard InChI is InChI=1S/C22H17FN2O2/c1-2-25-19-12-11-18(16-4-3-5-17(21(16)19)22(25)27)24-20(26)13-8-14-6-9-15(23)10-7-14/h3-13H,2H2,1H3,(H,24,26). The van der Waals surface area contributed by atoms with Crippen molar-refractivity contribution in [2.24, 2.45) is 0 Å². The molecule has 0 aliphatic carbocycles. The second kappa shape index (κ2) is 6.68. The molecule has 4 rings (SSSR count). The van der Waals surface area contributed by atoms with Crippen LogP contribution in [0.25, 0.3) is 16.8 Å². The normalized spacial score (nSPS) is 13.0. The number of benzene rings is 3. The van der Waals surface area contributed by atoms with E-state index in [-0.39, 0.29) is 17.6 Å². The van der Waals surface area contributed by atoms with Gasteiger partial charge in [-0.2, -0.15) is 0 Å². The van der Waals surface area contributed by atoms with Crippen LogP contribution in [-0.4, -0.2) is 18.4 Å². The van der Waals surface area contributed by atoms with E-state index in [1.54, 1.807) is 23.1 Å². The van der Waals surface area contributed by atoms with Gasteiger partial charge < -0.3 is 10.2 Å². The van der Waals surface area contributed by atoms with Gasteiger partial charge in [0.1, 0.15) is 5.82 Å². The highest BCUT2D eigenvalue weighted by atomic mass is 19.1. The predicted octanol–water partition coefficient (Wildman–Crippen LogP) is 4.61. The minimum Gasteiger partial charge on any atom is -0.322 e. The van der Waals surface area contributed by atoms with E-state index in [9.17, 15) is 14.0 Å². The van der Waals surface area contributed by atoms with Gasteiger partial charge in [0.15, 0.2) is 0 Å². The Morgan fingerprint density at radius 1 is 1.11 bits per heavy atom. The van der Waals surface area contributed by atoms with Gasteiger partial charge in [-0.15, -0.1) is 0 Å². The Labute approximate surface area is 155 Å². The number of carbonyl (C=O) groups is 2. The van der Waals surface area contributed by atoms with Gasteiger partial charge >= 0.3 is 0 Å². The number of hydrogen-bond acceptors (Lipinski definition) is 2. The summed E-state index contributed by atoms with van der Waals surface area (Å²) in [4.78, 5) is 26.6. The lowest BCUT2D eigenvalue weighted by Crippen LogP contribution is -2.25. The van der Waals surface area contributed by atoms with Gasteiger partial charge in [0.2, 0.25) is 5.91 Å². The fraction of sp³-hybridized carbons (Fsp3) is 0.0909. The topological polar surface area (TPSA) is 49.4 Å². The second-order valence-electron chi connectivity index (χ2n) is 6.28. The quantitative estimate of drug-likeness (QED) is 0.691. The highest BCUT2D eigenvalue weighted by molar-refractivity contribution is 6.27. The summed E-state index contributed by atoms with van der Waals surface area (Å²) in [5, 5.41) is 4.56. The van der Waals surface area contributed by atoms with Crippen LogP contribution in [0.4, 0.5) is 15.8 Å². The van der Waals surface area contributed by atoms with Crippen LogP contribution in [-0.2, 0) is 4.79 Å². The number of hydrogen-bond donors (Lipinski definition) is 1. The summed E-state index contributed by atoms with van der Waals surface area (Å²) in [6.07, 6.45) is 3.02. The second-order valence-corrected chi connectivity index (χ2v) is 6.28. The molecule has 4 nitrogen and oxygen atoms in total. The number of anilines is 2. The van der Waals surface area contributed by atoms with Crippen molar-refractivity contribution in [2.75, 3.05) is 16.8 Å².